The molecule has 0 aromatic heterocycles. The Kier molecular flexibility index (Phi) is 9.15. The number of aliphatic hydroxyl groups excluding tert-OH is 1. The molecule has 0 saturated carbocycles. The SMILES string of the molecule is C=C(C)C(=O)OCCO.O=P(O)(Oc1ccccc1)Oc1ccccc1. The summed E-state index contributed by atoms with van der Waals surface area (Å²) in [4.78, 5) is 20.0. The second-order valence-corrected chi connectivity index (χ2v) is 6.22. The lowest BCUT2D eigenvalue weighted by atomic mass is 10.3. The molecule has 0 atom stereocenters. The quantitative estimate of drug-likeness (QED) is 0.431. The summed E-state index contributed by atoms with van der Waals surface area (Å²) in [7, 11) is -4.14. The highest BCUT2D eigenvalue weighted by molar-refractivity contribution is 7.48. The van der Waals surface area contributed by atoms with E-state index in [4.69, 9.17) is 14.2 Å². The minimum atomic E-state index is -4.14. The van der Waals surface area contributed by atoms with Gasteiger partial charge < -0.3 is 18.9 Å². The minimum absolute atomic E-state index is 0.0473. The summed E-state index contributed by atoms with van der Waals surface area (Å²) in [6, 6.07) is 16.7. The monoisotopic (exact) mass is 380 g/mol. The number of benzene rings is 2. The topological polar surface area (TPSA) is 102 Å². The van der Waals surface area contributed by atoms with Gasteiger partial charge in [0.25, 0.3) is 0 Å². The summed E-state index contributed by atoms with van der Waals surface area (Å²) in [5.74, 6) is 0.118. The molecular weight excluding hydrogens is 359 g/mol. The summed E-state index contributed by atoms with van der Waals surface area (Å²) in [5, 5.41) is 8.19. The zero-order valence-corrected chi connectivity index (χ0v) is 15.2. The Morgan fingerprint density at radius 2 is 1.42 bits per heavy atom. The lowest BCUT2D eigenvalue weighted by molar-refractivity contribution is -0.139. The predicted octanol–water partition coefficient (Wildman–Crippen LogP) is 3.34. The van der Waals surface area contributed by atoms with Gasteiger partial charge in [0.2, 0.25) is 0 Å². The van der Waals surface area contributed by atoms with Gasteiger partial charge in [0, 0.05) is 5.57 Å². The highest BCUT2D eigenvalue weighted by atomic mass is 31.2. The number of hydrogen-bond acceptors (Lipinski definition) is 6. The molecule has 2 rings (SSSR count). The zero-order valence-electron chi connectivity index (χ0n) is 14.3. The molecule has 0 radical (unpaired) electrons. The molecule has 0 amide bonds. The van der Waals surface area contributed by atoms with Gasteiger partial charge in [-0.05, 0) is 31.2 Å². The van der Waals surface area contributed by atoms with Gasteiger partial charge in [-0.3, -0.25) is 4.89 Å². The fourth-order valence-corrected chi connectivity index (χ4v) is 2.32. The molecule has 0 spiro atoms. The molecule has 0 aliphatic rings. The first-order valence-electron chi connectivity index (χ1n) is 7.59. The number of phosphoric ester groups is 1. The third kappa shape index (κ3) is 9.03. The van der Waals surface area contributed by atoms with Crippen molar-refractivity contribution in [3.05, 3.63) is 72.8 Å². The van der Waals surface area contributed by atoms with Crippen molar-refractivity contribution in [3.8, 4) is 11.5 Å². The van der Waals surface area contributed by atoms with Crippen molar-refractivity contribution < 1.29 is 33.1 Å². The number of rotatable bonds is 7. The van der Waals surface area contributed by atoms with Gasteiger partial charge in [0.05, 0.1) is 6.61 Å². The van der Waals surface area contributed by atoms with E-state index in [-0.39, 0.29) is 24.7 Å². The molecular formula is C18H21O7P. The van der Waals surface area contributed by atoms with Crippen LogP contribution in [0.2, 0.25) is 0 Å². The van der Waals surface area contributed by atoms with E-state index in [0.717, 1.165) is 0 Å². The first-order chi connectivity index (χ1) is 12.3. The highest BCUT2D eigenvalue weighted by Crippen LogP contribution is 2.44. The van der Waals surface area contributed by atoms with Crippen LogP contribution in [-0.4, -0.2) is 29.2 Å². The molecule has 0 aliphatic carbocycles. The van der Waals surface area contributed by atoms with E-state index in [1.54, 1.807) is 67.6 Å². The molecule has 140 valence electrons. The van der Waals surface area contributed by atoms with Crippen LogP contribution in [0.4, 0.5) is 0 Å². The third-order valence-electron chi connectivity index (χ3n) is 2.60. The van der Waals surface area contributed by atoms with Gasteiger partial charge >= 0.3 is 13.8 Å². The summed E-state index contributed by atoms with van der Waals surface area (Å²) >= 11 is 0. The molecule has 0 unspecified atom stereocenters. The van der Waals surface area contributed by atoms with E-state index in [9.17, 15) is 14.3 Å². The van der Waals surface area contributed by atoms with Crippen LogP contribution < -0.4 is 9.05 Å². The van der Waals surface area contributed by atoms with E-state index in [0.29, 0.717) is 5.57 Å². The molecule has 0 aliphatic heterocycles. The molecule has 2 aromatic rings. The lowest BCUT2D eigenvalue weighted by Crippen LogP contribution is -2.08. The van der Waals surface area contributed by atoms with Gasteiger partial charge in [-0.1, -0.05) is 43.0 Å². The molecule has 8 heteroatoms. The number of aliphatic hydroxyl groups is 1. The Morgan fingerprint density at radius 3 is 1.77 bits per heavy atom. The normalized spacial score (nSPS) is 10.1. The Bertz CT molecular complexity index is 686. The molecule has 0 heterocycles. The molecule has 0 fully saturated rings. The van der Waals surface area contributed by atoms with Crippen molar-refractivity contribution in [1.29, 1.82) is 0 Å². The number of ether oxygens (including phenoxy) is 1. The van der Waals surface area contributed by atoms with Gasteiger partial charge in [0.1, 0.15) is 18.1 Å². The molecule has 2 N–H and O–H groups in total. The Balaban J connectivity index is 0.000000321. The third-order valence-corrected chi connectivity index (χ3v) is 3.48. The van der Waals surface area contributed by atoms with Gasteiger partial charge in [-0.15, -0.1) is 0 Å². The second kappa shape index (κ2) is 11.1. The van der Waals surface area contributed by atoms with E-state index < -0.39 is 13.8 Å². The first kappa shape index (κ1) is 21.4. The van der Waals surface area contributed by atoms with Gasteiger partial charge in [0.15, 0.2) is 0 Å². The smallest absolute Gasteiger partial charge is 0.460 e. The largest absolute Gasteiger partial charge is 0.584 e. The average molecular weight is 380 g/mol. The Hall–Kier alpha value is -2.60. The molecule has 7 nitrogen and oxygen atoms in total. The van der Waals surface area contributed by atoms with Crippen LogP contribution in [0.1, 0.15) is 6.92 Å². The first-order valence-corrected chi connectivity index (χ1v) is 9.09. The molecule has 2 aromatic carbocycles. The number of esters is 1. The van der Waals surface area contributed by atoms with Crippen molar-refractivity contribution in [3.63, 3.8) is 0 Å². The summed E-state index contributed by atoms with van der Waals surface area (Å²) in [6.45, 7) is 4.81. The number of para-hydroxylation sites is 2. The maximum atomic E-state index is 11.7. The number of carbonyl (C=O) groups excluding carboxylic acids is 1. The van der Waals surface area contributed by atoms with Crippen LogP contribution >= 0.6 is 7.82 Å². The maximum Gasteiger partial charge on any atom is 0.584 e. The van der Waals surface area contributed by atoms with E-state index in [2.05, 4.69) is 11.3 Å². The number of carbonyl (C=O) groups is 1. The second-order valence-electron chi connectivity index (χ2n) is 4.92. The van der Waals surface area contributed by atoms with Crippen LogP contribution in [0.3, 0.4) is 0 Å². The van der Waals surface area contributed by atoms with Crippen molar-refractivity contribution in [1.82, 2.24) is 0 Å². The van der Waals surface area contributed by atoms with Crippen LogP contribution in [0.25, 0.3) is 0 Å². The summed E-state index contributed by atoms with van der Waals surface area (Å²) in [6.07, 6.45) is 0. The minimum Gasteiger partial charge on any atom is -0.460 e. The van der Waals surface area contributed by atoms with Crippen molar-refractivity contribution >= 4 is 13.8 Å². The Morgan fingerprint density at radius 1 is 1.00 bits per heavy atom. The maximum absolute atomic E-state index is 11.7. The van der Waals surface area contributed by atoms with E-state index in [1.165, 1.54) is 0 Å². The fraction of sp³-hybridized carbons (Fsp3) is 0.167. The number of phosphoric acid groups is 1. The van der Waals surface area contributed by atoms with Crippen molar-refractivity contribution in [2.45, 2.75) is 6.92 Å². The number of hydrogen-bond donors (Lipinski definition) is 2. The van der Waals surface area contributed by atoms with Crippen LogP contribution in [0, 0.1) is 0 Å². The highest BCUT2D eigenvalue weighted by Gasteiger charge is 2.24. The molecule has 0 bridgehead atoms. The fourth-order valence-electron chi connectivity index (χ4n) is 1.51. The zero-order chi connectivity index (χ0) is 19.4. The van der Waals surface area contributed by atoms with Crippen LogP contribution in [0.5, 0.6) is 11.5 Å². The van der Waals surface area contributed by atoms with Crippen LogP contribution in [-0.2, 0) is 14.1 Å². The van der Waals surface area contributed by atoms with Gasteiger partial charge in [-0.25, -0.2) is 9.36 Å². The van der Waals surface area contributed by atoms with Gasteiger partial charge in [-0.2, -0.15) is 0 Å². The average Bonchev–Trinajstić information content (AvgIpc) is 2.61. The van der Waals surface area contributed by atoms with Crippen LogP contribution in [0.15, 0.2) is 72.8 Å². The standard InChI is InChI=1S/C12H11O4P.C6H10O3/c13-17(14,15-11-7-3-1-4-8-11)16-12-9-5-2-6-10-12;1-5(2)6(8)9-4-3-7/h1-10H,(H,13,14);7H,1,3-4H2,2H3. The predicted molar refractivity (Wildman–Crippen MR) is 96.8 cm³/mol. The summed E-state index contributed by atoms with van der Waals surface area (Å²) in [5.41, 5.74) is 0.350. The van der Waals surface area contributed by atoms with Crippen molar-refractivity contribution in [2.24, 2.45) is 0 Å². The summed E-state index contributed by atoms with van der Waals surface area (Å²) < 4.78 is 25.9. The van der Waals surface area contributed by atoms with Crippen molar-refractivity contribution in [2.75, 3.05) is 13.2 Å². The lowest BCUT2D eigenvalue weighted by Gasteiger charge is -2.13. The Labute approximate surface area is 152 Å². The van der Waals surface area contributed by atoms with E-state index in [1.807, 2.05) is 0 Å². The molecule has 0 saturated heterocycles. The van der Waals surface area contributed by atoms with E-state index >= 15 is 0 Å². The molecule has 26 heavy (non-hydrogen) atoms.